The van der Waals surface area contributed by atoms with Gasteiger partial charge >= 0.3 is 5.97 Å². The van der Waals surface area contributed by atoms with E-state index in [2.05, 4.69) is 26.0 Å². The fourth-order valence-corrected chi connectivity index (χ4v) is 2.56. The number of H-pyrrole nitrogens is 1. The van der Waals surface area contributed by atoms with Crippen LogP contribution in [0.1, 0.15) is 24.2 Å². The summed E-state index contributed by atoms with van der Waals surface area (Å²) in [5.74, 6) is -0.528. The van der Waals surface area contributed by atoms with Crippen LogP contribution < -0.4 is 10.8 Å². The lowest BCUT2D eigenvalue weighted by molar-refractivity contribution is -0.133. The minimum absolute atomic E-state index is 0.134. The number of aromatic amines is 1. The zero-order chi connectivity index (χ0) is 19.1. The molecule has 0 bridgehead atoms. The first-order valence-corrected chi connectivity index (χ1v) is 8.87. The number of anilines is 1. The van der Waals surface area contributed by atoms with Crippen molar-refractivity contribution in [1.29, 1.82) is 0 Å². The Labute approximate surface area is 154 Å². The number of carboxylic acids is 1. The lowest BCUT2D eigenvalue weighted by atomic mass is 10.1. The molecule has 0 aliphatic heterocycles. The smallest absolute Gasteiger partial charge is 0.313 e. The Morgan fingerprint density at radius 3 is 2.77 bits per heavy atom. The SMILES string of the molecule is CONc1cc(C(=O)NCC(C)C)cc(-c2nc(SCC(=O)O)n[nH]2)c1. The quantitative estimate of drug-likeness (QED) is 0.385. The van der Waals surface area contributed by atoms with Crippen molar-refractivity contribution in [3.8, 4) is 11.4 Å². The van der Waals surface area contributed by atoms with Crippen LogP contribution in [0.25, 0.3) is 11.4 Å². The first-order chi connectivity index (χ1) is 12.4. The van der Waals surface area contributed by atoms with Gasteiger partial charge in [-0.1, -0.05) is 25.6 Å². The summed E-state index contributed by atoms with van der Waals surface area (Å²) in [5.41, 5.74) is 4.34. The first kappa shape index (κ1) is 19.7. The Balaban J connectivity index is 2.26. The highest BCUT2D eigenvalue weighted by Crippen LogP contribution is 2.24. The van der Waals surface area contributed by atoms with Crippen molar-refractivity contribution in [3.05, 3.63) is 23.8 Å². The monoisotopic (exact) mass is 379 g/mol. The van der Waals surface area contributed by atoms with Crippen molar-refractivity contribution in [1.82, 2.24) is 20.5 Å². The Morgan fingerprint density at radius 1 is 1.35 bits per heavy atom. The maximum Gasteiger partial charge on any atom is 0.313 e. The number of hydrogen-bond donors (Lipinski definition) is 4. The molecule has 0 radical (unpaired) electrons. The second kappa shape index (κ2) is 9.20. The van der Waals surface area contributed by atoms with E-state index in [0.29, 0.717) is 40.3 Å². The normalized spacial score (nSPS) is 10.8. The summed E-state index contributed by atoms with van der Waals surface area (Å²) in [4.78, 5) is 32.2. The van der Waals surface area contributed by atoms with E-state index < -0.39 is 5.97 Å². The molecule has 0 saturated heterocycles. The van der Waals surface area contributed by atoms with Crippen molar-refractivity contribution in [2.75, 3.05) is 24.9 Å². The lowest BCUT2D eigenvalue weighted by Crippen LogP contribution is -2.27. The topological polar surface area (TPSA) is 129 Å². The molecule has 1 amide bonds. The molecule has 1 aromatic carbocycles. The highest BCUT2D eigenvalue weighted by molar-refractivity contribution is 7.99. The Kier molecular flexibility index (Phi) is 6.98. The fourth-order valence-electron chi connectivity index (χ4n) is 2.04. The van der Waals surface area contributed by atoms with E-state index in [9.17, 15) is 9.59 Å². The Hall–Kier alpha value is -2.59. The molecule has 0 fully saturated rings. The molecule has 0 saturated carbocycles. The number of benzene rings is 1. The van der Waals surface area contributed by atoms with E-state index in [1.807, 2.05) is 13.8 Å². The van der Waals surface area contributed by atoms with E-state index >= 15 is 0 Å². The minimum Gasteiger partial charge on any atom is -0.481 e. The summed E-state index contributed by atoms with van der Waals surface area (Å²) < 4.78 is 0. The number of thioether (sulfide) groups is 1. The van der Waals surface area contributed by atoms with Crippen LogP contribution in [0.4, 0.5) is 5.69 Å². The number of aromatic nitrogens is 3. The summed E-state index contributed by atoms with van der Waals surface area (Å²) in [5, 5.41) is 18.6. The first-order valence-electron chi connectivity index (χ1n) is 7.88. The molecule has 10 heteroatoms. The summed E-state index contributed by atoms with van der Waals surface area (Å²) in [6.45, 7) is 4.59. The molecular weight excluding hydrogens is 358 g/mol. The van der Waals surface area contributed by atoms with Gasteiger partial charge in [0, 0.05) is 17.7 Å². The van der Waals surface area contributed by atoms with Gasteiger partial charge in [0.15, 0.2) is 5.82 Å². The molecule has 0 aliphatic carbocycles. The number of hydrogen-bond acceptors (Lipinski definition) is 7. The highest BCUT2D eigenvalue weighted by Gasteiger charge is 2.14. The van der Waals surface area contributed by atoms with E-state index in [-0.39, 0.29) is 11.7 Å². The van der Waals surface area contributed by atoms with Crippen LogP contribution in [-0.2, 0) is 9.63 Å². The Morgan fingerprint density at radius 2 is 2.12 bits per heavy atom. The maximum absolute atomic E-state index is 12.4. The zero-order valence-corrected chi connectivity index (χ0v) is 15.5. The van der Waals surface area contributed by atoms with Gasteiger partial charge in [-0.2, -0.15) is 0 Å². The molecule has 0 spiro atoms. The average molecular weight is 379 g/mol. The standard InChI is InChI=1S/C16H21N5O4S/c1-9(2)7-17-15(24)11-4-10(5-12(6-11)21-25-3)14-18-16(20-19-14)26-8-13(22)23/h4-6,9,21H,7-8H2,1-3H3,(H,17,24)(H,22,23)(H,18,19,20). The van der Waals surface area contributed by atoms with Gasteiger partial charge in [-0.25, -0.2) is 4.98 Å². The summed E-state index contributed by atoms with van der Waals surface area (Å²) in [6, 6.07) is 5.09. The second-order valence-corrected chi connectivity index (χ2v) is 6.80. The minimum atomic E-state index is -0.947. The fraction of sp³-hybridized carbons (Fsp3) is 0.375. The van der Waals surface area contributed by atoms with Gasteiger partial charge in [-0.3, -0.25) is 25.0 Å². The highest BCUT2D eigenvalue weighted by atomic mass is 32.2. The number of amides is 1. The van der Waals surface area contributed by atoms with Crippen molar-refractivity contribution >= 4 is 29.3 Å². The third-order valence-electron chi connectivity index (χ3n) is 3.15. The van der Waals surface area contributed by atoms with Crippen molar-refractivity contribution in [2.24, 2.45) is 5.92 Å². The number of carbonyl (C=O) groups excluding carboxylic acids is 1. The van der Waals surface area contributed by atoms with E-state index in [0.717, 1.165) is 11.8 Å². The molecule has 0 aliphatic rings. The zero-order valence-electron chi connectivity index (χ0n) is 14.7. The van der Waals surface area contributed by atoms with Crippen LogP contribution in [0.15, 0.2) is 23.4 Å². The molecule has 0 atom stereocenters. The number of nitrogens with one attached hydrogen (secondary N) is 3. The summed E-state index contributed by atoms with van der Waals surface area (Å²) in [7, 11) is 1.47. The number of rotatable bonds is 9. The average Bonchev–Trinajstić information content (AvgIpc) is 3.07. The molecule has 26 heavy (non-hydrogen) atoms. The van der Waals surface area contributed by atoms with Gasteiger partial charge in [0.05, 0.1) is 18.6 Å². The Bertz CT molecular complexity index is 778. The molecule has 1 heterocycles. The summed E-state index contributed by atoms with van der Waals surface area (Å²) in [6.07, 6.45) is 0. The lowest BCUT2D eigenvalue weighted by Gasteiger charge is -2.11. The molecule has 9 nitrogen and oxygen atoms in total. The predicted octanol–water partition coefficient (Wildman–Crippen LogP) is 2.01. The van der Waals surface area contributed by atoms with Crippen LogP contribution in [0.5, 0.6) is 0 Å². The van der Waals surface area contributed by atoms with E-state index in [1.165, 1.54) is 7.11 Å². The molecule has 2 rings (SSSR count). The van der Waals surface area contributed by atoms with Crippen LogP contribution in [0, 0.1) is 5.92 Å². The van der Waals surface area contributed by atoms with Crippen LogP contribution in [-0.4, -0.2) is 51.6 Å². The van der Waals surface area contributed by atoms with Gasteiger partial charge in [-0.05, 0) is 24.1 Å². The van der Waals surface area contributed by atoms with Gasteiger partial charge in [0.1, 0.15) is 0 Å². The van der Waals surface area contributed by atoms with Gasteiger partial charge in [0.2, 0.25) is 5.16 Å². The number of nitrogens with zero attached hydrogens (tertiary/aromatic N) is 2. The molecule has 4 N–H and O–H groups in total. The van der Waals surface area contributed by atoms with Gasteiger partial charge in [0.25, 0.3) is 5.91 Å². The molecule has 1 aromatic heterocycles. The van der Waals surface area contributed by atoms with Crippen LogP contribution >= 0.6 is 11.8 Å². The predicted molar refractivity (Wildman–Crippen MR) is 98.0 cm³/mol. The van der Waals surface area contributed by atoms with E-state index in [4.69, 9.17) is 9.94 Å². The second-order valence-electron chi connectivity index (χ2n) is 5.86. The largest absolute Gasteiger partial charge is 0.481 e. The van der Waals surface area contributed by atoms with E-state index in [1.54, 1.807) is 18.2 Å². The van der Waals surface area contributed by atoms with Crippen molar-refractivity contribution in [2.45, 2.75) is 19.0 Å². The van der Waals surface area contributed by atoms with Gasteiger partial charge in [-0.15, -0.1) is 5.10 Å². The molecular formula is C16H21N5O4S. The third-order valence-corrected chi connectivity index (χ3v) is 3.98. The van der Waals surface area contributed by atoms with Crippen molar-refractivity contribution in [3.63, 3.8) is 0 Å². The summed E-state index contributed by atoms with van der Waals surface area (Å²) >= 11 is 1.01. The molecule has 2 aromatic rings. The maximum atomic E-state index is 12.4. The van der Waals surface area contributed by atoms with Crippen LogP contribution in [0.2, 0.25) is 0 Å². The number of carbonyl (C=O) groups is 2. The number of carboxylic acid groups (broad SMARTS) is 1. The van der Waals surface area contributed by atoms with Crippen molar-refractivity contribution < 1.29 is 19.5 Å². The third kappa shape index (κ3) is 5.74. The van der Waals surface area contributed by atoms with Gasteiger partial charge < -0.3 is 10.4 Å². The number of aliphatic carboxylic acids is 1. The molecule has 140 valence electrons. The molecule has 0 unspecified atom stereocenters. The van der Waals surface area contributed by atoms with Crippen LogP contribution in [0.3, 0.4) is 0 Å².